The molecule has 0 aliphatic carbocycles. The van der Waals surface area contributed by atoms with Gasteiger partial charge in [-0.25, -0.2) is 9.59 Å². The zero-order chi connectivity index (χ0) is 23.0. The summed E-state index contributed by atoms with van der Waals surface area (Å²) in [6.45, 7) is 1.95. The number of phenolic OH excluding ortho intramolecular Hbond substituents is 1. The lowest BCUT2D eigenvalue weighted by Gasteiger charge is -2.12. The van der Waals surface area contributed by atoms with Crippen molar-refractivity contribution in [2.45, 2.75) is 19.4 Å². The smallest absolute Gasteiger partial charge is 0.338 e. The minimum atomic E-state index is -1.62. The third-order valence-electron chi connectivity index (χ3n) is 3.87. The largest absolute Gasteiger partial charge is 0.506 e. The number of ether oxygens (including phenoxy) is 1. The number of carboxylic acids is 2. The molecule has 0 saturated carbocycles. The summed E-state index contributed by atoms with van der Waals surface area (Å²) >= 11 is 0. The summed E-state index contributed by atoms with van der Waals surface area (Å²) in [7, 11) is 0. The number of rotatable bonds is 9. The van der Waals surface area contributed by atoms with Crippen LogP contribution in [0.25, 0.3) is 0 Å². The van der Waals surface area contributed by atoms with E-state index in [-0.39, 0.29) is 17.9 Å². The first-order valence-electron chi connectivity index (χ1n) is 8.98. The number of phenols is 1. The number of carbonyl (C=O) groups excluding carboxylic acids is 2. The van der Waals surface area contributed by atoms with Gasteiger partial charge in [0.25, 0.3) is 5.91 Å². The van der Waals surface area contributed by atoms with Gasteiger partial charge < -0.3 is 25.4 Å². The standard InChI is InChI=1S/C20H19N3O8/c1-2-31-20(30)11-3-6-13(7-4-11)22-23-14-8-5-12(9-16(14)24)18(27)21-15(19(28)29)10-17(25)26/h3-9,15,24H,2,10H2,1H3,(H,21,27)(H,25,26)(H,28,29). The van der Waals surface area contributed by atoms with E-state index in [0.29, 0.717) is 11.3 Å². The molecule has 31 heavy (non-hydrogen) atoms. The molecule has 0 fully saturated rings. The minimum absolute atomic E-state index is 0.0336. The number of amides is 1. The summed E-state index contributed by atoms with van der Waals surface area (Å²) in [6.07, 6.45) is -0.797. The van der Waals surface area contributed by atoms with Crippen LogP contribution in [-0.2, 0) is 14.3 Å². The number of esters is 1. The van der Waals surface area contributed by atoms with Crippen molar-refractivity contribution >= 4 is 35.2 Å². The molecular formula is C20H19N3O8. The van der Waals surface area contributed by atoms with Crippen molar-refractivity contribution in [2.24, 2.45) is 10.2 Å². The second-order valence-corrected chi connectivity index (χ2v) is 6.13. The van der Waals surface area contributed by atoms with Crippen LogP contribution in [-0.4, -0.2) is 51.8 Å². The topological polar surface area (TPSA) is 175 Å². The van der Waals surface area contributed by atoms with E-state index in [1.165, 1.54) is 36.4 Å². The maximum Gasteiger partial charge on any atom is 0.338 e. The predicted octanol–water partition coefficient (Wildman–Crippen LogP) is 2.64. The normalized spacial score (nSPS) is 11.6. The number of hydrogen-bond acceptors (Lipinski definition) is 8. The van der Waals surface area contributed by atoms with E-state index in [1.54, 1.807) is 6.92 Å². The van der Waals surface area contributed by atoms with Crippen LogP contribution in [0.2, 0.25) is 0 Å². The van der Waals surface area contributed by atoms with E-state index in [4.69, 9.17) is 14.9 Å². The van der Waals surface area contributed by atoms with Gasteiger partial charge in [-0.1, -0.05) is 0 Å². The lowest BCUT2D eigenvalue weighted by Crippen LogP contribution is -2.42. The van der Waals surface area contributed by atoms with E-state index in [9.17, 15) is 24.3 Å². The van der Waals surface area contributed by atoms with Gasteiger partial charge in [0.1, 0.15) is 17.5 Å². The fraction of sp³-hybridized carbons (Fsp3) is 0.200. The monoisotopic (exact) mass is 429 g/mol. The Balaban J connectivity index is 2.10. The number of aliphatic carboxylic acids is 2. The van der Waals surface area contributed by atoms with Crippen LogP contribution < -0.4 is 5.32 Å². The Bertz CT molecular complexity index is 1020. The molecule has 0 aromatic heterocycles. The second kappa shape index (κ2) is 10.5. The highest BCUT2D eigenvalue weighted by Gasteiger charge is 2.24. The minimum Gasteiger partial charge on any atom is -0.506 e. The first-order valence-corrected chi connectivity index (χ1v) is 8.98. The summed E-state index contributed by atoms with van der Waals surface area (Å²) in [5.74, 6) is -4.63. The molecule has 4 N–H and O–H groups in total. The van der Waals surface area contributed by atoms with Crippen molar-refractivity contribution < 1.29 is 39.2 Å². The molecule has 0 saturated heterocycles. The predicted molar refractivity (Wildman–Crippen MR) is 106 cm³/mol. The van der Waals surface area contributed by atoms with E-state index in [1.807, 2.05) is 0 Å². The van der Waals surface area contributed by atoms with Gasteiger partial charge in [-0.2, -0.15) is 5.11 Å². The van der Waals surface area contributed by atoms with Crippen LogP contribution in [0.3, 0.4) is 0 Å². The molecule has 2 aromatic carbocycles. The number of carbonyl (C=O) groups is 4. The van der Waals surface area contributed by atoms with Crippen LogP contribution in [0.4, 0.5) is 11.4 Å². The third-order valence-corrected chi connectivity index (χ3v) is 3.87. The average Bonchev–Trinajstić information content (AvgIpc) is 2.72. The molecule has 0 bridgehead atoms. The van der Waals surface area contributed by atoms with E-state index in [2.05, 4.69) is 15.5 Å². The molecule has 162 valence electrons. The number of nitrogens with one attached hydrogen (secondary N) is 1. The Morgan fingerprint density at radius 1 is 1.00 bits per heavy atom. The van der Waals surface area contributed by atoms with Gasteiger partial charge in [0, 0.05) is 5.56 Å². The van der Waals surface area contributed by atoms with Gasteiger partial charge in [0.2, 0.25) is 0 Å². The van der Waals surface area contributed by atoms with Crippen molar-refractivity contribution in [1.82, 2.24) is 5.32 Å². The maximum atomic E-state index is 12.1. The number of aromatic hydroxyl groups is 1. The van der Waals surface area contributed by atoms with Gasteiger partial charge in [0.15, 0.2) is 0 Å². The molecule has 0 aliphatic rings. The molecule has 0 aliphatic heterocycles. The first-order chi connectivity index (χ1) is 14.7. The fourth-order valence-corrected chi connectivity index (χ4v) is 2.36. The summed E-state index contributed by atoms with van der Waals surface area (Å²) in [6, 6.07) is 8.06. The first kappa shape index (κ1) is 23.0. The highest BCUT2D eigenvalue weighted by Crippen LogP contribution is 2.29. The van der Waals surface area contributed by atoms with Crippen molar-refractivity contribution in [2.75, 3.05) is 6.61 Å². The third kappa shape index (κ3) is 6.63. The lowest BCUT2D eigenvalue weighted by molar-refractivity contribution is -0.145. The number of hydrogen-bond donors (Lipinski definition) is 4. The number of azo groups is 1. The van der Waals surface area contributed by atoms with Gasteiger partial charge in [0.05, 0.1) is 24.3 Å². The van der Waals surface area contributed by atoms with Crippen molar-refractivity contribution in [1.29, 1.82) is 0 Å². The summed E-state index contributed by atoms with van der Waals surface area (Å²) in [5, 5.41) is 37.7. The Kier molecular flexibility index (Phi) is 7.78. The fourth-order valence-electron chi connectivity index (χ4n) is 2.36. The molecule has 1 unspecified atom stereocenters. The molecule has 0 radical (unpaired) electrons. The van der Waals surface area contributed by atoms with Crippen LogP contribution >= 0.6 is 0 Å². The van der Waals surface area contributed by atoms with Gasteiger partial charge in [-0.15, -0.1) is 5.11 Å². The van der Waals surface area contributed by atoms with E-state index in [0.717, 1.165) is 6.07 Å². The molecule has 1 amide bonds. The van der Waals surface area contributed by atoms with E-state index >= 15 is 0 Å². The molecule has 2 rings (SSSR count). The summed E-state index contributed by atoms with van der Waals surface area (Å²) < 4.78 is 4.88. The average molecular weight is 429 g/mol. The van der Waals surface area contributed by atoms with Crippen LogP contribution in [0.15, 0.2) is 52.7 Å². The lowest BCUT2D eigenvalue weighted by atomic mass is 10.1. The number of carboxylic acid groups (broad SMARTS) is 2. The van der Waals surface area contributed by atoms with Gasteiger partial charge in [-0.05, 0) is 49.4 Å². The SMILES string of the molecule is CCOC(=O)c1ccc(N=Nc2ccc(C(=O)NC(CC(=O)O)C(=O)O)cc2O)cc1. The van der Waals surface area contributed by atoms with Crippen molar-refractivity contribution in [3.63, 3.8) is 0 Å². The van der Waals surface area contributed by atoms with Crippen molar-refractivity contribution in [3.8, 4) is 5.75 Å². The molecule has 0 heterocycles. The molecular weight excluding hydrogens is 410 g/mol. The van der Waals surface area contributed by atoms with Crippen molar-refractivity contribution in [3.05, 3.63) is 53.6 Å². The number of benzene rings is 2. The Hall–Kier alpha value is -4.28. The van der Waals surface area contributed by atoms with Crippen LogP contribution in [0.5, 0.6) is 5.75 Å². The molecule has 2 aromatic rings. The van der Waals surface area contributed by atoms with Crippen LogP contribution in [0, 0.1) is 0 Å². The molecule has 11 heteroatoms. The Morgan fingerprint density at radius 2 is 1.65 bits per heavy atom. The van der Waals surface area contributed by atoms with Crippen LogP contribution in [0.1, 0.15) is 34.1 Å². The molecule has 0 spiro atoms. The zero-order valence-corrected chi connectivity index (χ0v) is 16.3. The Labute approximate surface area is 176 Å². The van der Waals surface area contributed by atoms with Gasteiger partial charge >= 0.3 is 17.9 Å². The number of nitrogens with zero attached hydrogens (tertiary/aromatic N) is 2. The van der Waals surface area contributed by atoms with E-state index < -0.39 is 42.0 Å². The summed E-state index contributed by atoms with van der Waals surface area (Å²) in [5.41, 5.74) is 0.687. The highest BCUT2D eigenvalue weighted by atomic mass is 16.5. The molecule has 1 atom stereocenters. The molecule has 11 nitrogen and oxygen atoms in total. The Morgan fingerprint density at radius 3 is 2.19 bits per heavy atom. The quantitative estimate of drug-likeness (QED) is 0.347. The zero-order valence-electron chi connectivity index (χ0n) is 16.3. The maximum absolute atomic E-state index is 12.1. The summed E-state index contributed by atoms with van der Waals surface area (Å²) in [4.78, 5) is 45.5. The highest BCUT2D eigenvalue weighted by molar-refractivity contribution is 5.98. The second-order valence-electron chi connectivity index (χ2n) is 6.13. The van der Waals surface area contributed by atoms with Gasteiger partial charge in [-0.3, -0.25) is 9.59 Å².